The molecule has 0 bridgehead atoms. The predicted molar refractivity (Wildman–Crippen MR) is 79.7 cm³/mol. The van der Waals surface area contributed by atoms with Crippen LogP contribution >= 0.6 is 11.3 Å². The van der Waals surface area contributed by atoms with Crippen molar-refractivity contribution in [3.05, 3.63) is 22.4 Å². The molecular weight excluding hydrogens is 258 g/mol. The molecule has 0 amide bonds. The fraction of sp³-hybridized carbons (Fsp3) is 0.733. The van der Waals surface area contributed by atoms with Crippen molar-refractivity contribution in [2.45, 2.75) is 31.7 Å². The highest BCUT2D eigenvalue weighted by atomic mass is 32.1. The molecule has 2 rings (SSSR count). The van der Waals surface area contributed by atoms with Crippen LogP contribution in [0.2, 0.25) is 0 Å². The number of unbranched alkanes of at least 4 members (excludes halogenated alkanes) is 1. The summed E-state index contributed by atoms with van der Waals surface area (Å²) in [4.78, 5) is 1.50. The first-order valence-electron chi connectivity index (χ1n) is 7.25. The molecule has 1 N–H and O–H groups in total. The van der Waals surface area contributed by atoms with Gasteiger partial charge in [-0.2, -0.15) is 0 Å². The van der Waals surface area contributed by atoms with Crippen LogP contribution in [0.3, 0.4) is 0 Å². The smallest absolute Gasteiger partial charge is 0.0700 e. The van der Waals surface area contributed by atoms with E-state index in [0.29, 0.717) is 19.3 Å². The summed E-state index contributed by atoms with van der Waals surface area (Å²) in [7, 11) is 1.70. The lowest BCUT2D eigenvalue weighted by atomic mass is 10.1. The summed E-state index contributed by atoms with van der Waals surface area (Å²) in [6, 6.07) is 5.00. The highest BCUT2D eigenvalue weighted by molar-refractivity contribution is 7.10. The maximum absolute atomic E-state index is 5.46. The Morgan fingerprint density at radius 3 is 2.89 bits per heavy atom. The van der Waals surface area contributed by atoms with Gasteiger partial charge in [0.25, 0.3) is 0 Å². The monoisotopic (exact) mass is 283 g/mol. The quantitative estimate of drug-likeness (QED) is 0.632. The summed E-state index contributed by atoms with van der Waals surface area (Å²) in [6.45, 7) is 3.34. The summed E-state index contributed by atoms with van der Waals surface area (Å²) < 4.78 is 10.4. The summed E-state index contributed by atoms with van der Waals surface area (Å²) >= 11 is 1.88. The van der Waals surface area contributed by atoms with Crippen molar-refractivity contribution >= 4 is 11.3 Å². The minimum atomic E-state index is 0.592. The lowest BCUT2D eigenvalue weighted by molar-refractivity contribution is 0.0687. The fourth-order valence-corrected chi connectivity index (χ4v) is 3.12. The van der Waals surface area contributed by atoms with E-state index in [0.717, 1.165) is 25.5 Å². The molecule has 1 unspecified atom stereocenters. The molecule has 4 heteroatoms. The zero-order chi connectivity index (χ0) is 13.3. The molecule has 1 atom stereocenters. The van der Waals surface area contributed by atoms with E-state index in [2.05, 4.69) is 22.8 Å². The summed E-state index contributed by atoms with van der Waals surface area (Å²) in [5, 5.41) is 5.89. The zero-order valence-corrected chi connectivity index (χ0v) is 12.6. The van der Waals surface area contributed by atoms with Crippen molar-refractivity contribution in [2.75, 3.05) is 33.5 Å². The second kappa shape index (κ2) is 8.69. The Hall–Kier alpha value is -0.420. The molecule has 1 aliphatic carbocycles. The maximum atomic E-state index is 5.46. The number of rotatable bonds is 11. The molecule has 19 heavy (non-hydrogen) atoms. The molecule has 0 aliphatic heterocycles. The van der Waals surface area contributed by atoms with Gasteiger partial charge in [-0.05, 0) is 49.6 Å². The van der Waals surface area contributed by atoms with Gasteiger partial charge in [-0.25, -0.2) is 0 Å². The van der Waals surface area contributed by atoms with E-state index in [1.54, 1.807) is 7.11 Å². The van der Waals surface area contributed by atoms with Gasteiger partial charge < -0.3 is 14.8 Å². The molecular formula is C15H25NO2S. The second-order valence-corrected chi connectivity index (χ2v) is 6.08. The van der Waals surface area contributed by atoms with Crippen LogP contribution in [-0.2, 0) is 9.47 Å². The van der Waals surface area contributed by atoms with Gasteiger partial charge in [-0.15, -0.1) is 11.3 Å². The Bertz CT molecular complexity index is 325. The van der Waals surface area contributed by atoms with Crippen molar-refractivity contribution in [2.24, 2.45) is 5.92 Å². The van der Waals surface area contributed by atoms with Crippen LogP contribution in [0.1, 0.15) is 36.6 Å². The molecule has 108 valence electrons. The Kier molecular flexibility index (Phi) is 6.85. The van der Waals surface area contributed by atoms with Gasteiger partial charge in [0.05, 0.1) is 13.2 Å². The lowest BCUT2D eigenvalue weighted by Crippen LogP contribution is -2.23. The summed E-state index contributed by atoms with van der Waals surface area (Å²) in [5.41, 5.74) is 0. The highest BCUT2D eigenvalue weighted by Crippen LogP contribution is 2.42. The number of ether oxygens (including phenoxy) is 2. The van der Waals surface area contributed by atoms with Crippen molar-refractivity contribution in [1.82, 2.24) is 5.32 Å². The summed E-state index contributed by atoms with van der Waals surface area (Å²) in [6.07, 6.45) is 5.07. The Labute approximate surface area is 120 Å². The van der Waals surface area contributed by atoms with Crippen molar-refractivity contribution < 1.29 is 9.47 Å². The first-order valence-corrected chi connectivity index (χ1v) is 8.13. The molecule has 1 fully saturated rings. The standard InChI is InChI=1S/C15H25NO2S/c1-17-10-11-18-9-3-2-8-16-15(13-6-7-13)14-5-4-12-19-14/h4-5,12-13,15-16H,2-3,6-11H2,1H3. The minimum absolute atomic E-state index is 0.592. The van der Waals surface area contributed by atoms with Crippen LogP contribution < -0.4 is 5.32 Å². The SMILES string of the molecule is COCCOCCCCNC(c1cccs1)C1CC1. The van der Waals surface area contributed by atoms with Crippen molar-refractivity contribution in [1.29, 1.82) is 0 Å². The number of methoxy groups -OCH3 is 1. The van der Waals surface area contributed by atoms with Crippen molar-refractivity contribution in [3.8, 4) is 0 Å². The minimum Gasteiger partial charge on any atom is -0.382 e. The average molecular weight is 283 g/mol. The normalized spacial score (nSPS) is 16.7. The summed E-state index contributed by atoms with van der Waals surface area (Å²) in [5.74, 6) is 0.872. The van der Waals surface area contributed by atoms with Gasteiger partial charge in [0.2, 0.25) is 0 Å². The van der Waals surface area contributed by atoms with Gasteiger partial charge in [0.1, 0.15) is 0 Å². The van der Waals surface area contributed by atoms with E-state index in [1.165, 1.54) is 24.1 Å². The van der Waals surface area contributed by atoms with Gasteiger partial charge >= 0.3 is 0 Å². The first-order chi connectivity index (χ1) is 9.42. The number of hydrogen-bond acceptors (Lipinski definition) is 4. The number of thiophene rings is 1. The largest absolute Gasteiger partial charge is 0.382 e. The molecule has 0 aromatic carbocycles. The van der Waals surface area contributed by atoms with Crippen LogP contribution in [0, 0.1) is 5.92 Å². The maximum Gasteiger partial charge on any atom is 0.0700 e. The van der Waals surface area contributed by atoms with Crippen LogP contribution in [0.5, 0.6) is 0 Å². The Balaban J connectivity index is 1.54. The topological polar surface area (TPSA) is 30.5 Å². The van der Waals surface area contributed by atoms with Gasteiger partial charge in [-0.3, -0.25) is 0 Å². The predicted octanol–water partition coefficient (Wildman–Crippen LogP) is 3.23. The molecule has 1 saturated carbocycles. The van der Waals surface area contributed by atoms with E-state index in [9.17, 15) is 0 Å². The second-order valence-electron chi connectivity index (χ2n) is 5.10. The third-order valence-corrected chi connectivity index (χ3v) is 4.41. The van der Waals surface area contributed by atoms with Crippen LogP contribution in [0.25, 0.3) is 0 Å². The Morgan fingerprint density at radius 1 is 1.32 bits per heavy atom. The molecule has 0 radical (unpaired) electrons. The molecule has 3 nitrogen and oxygen atoms in total. The van der Waals surface area contributed by atoms with E-state index >= 15 is 0 Å². The van der Waals surface area contributed by atoms with Crippen LogP contribution in [0.15, 0.2) is 17.5 Å². The van der Waals surface area contributed by atoms with Crippen LogP contribution in [-0.4, -0.2) is 33.5 Å². The van der Waals surface area contributed by atoms with E-state index in [1.807, 2.05) is 11.3 Å². The zero-order valence-electron chi connectivity index (χ0n) is 11.8. The third kappa shape index (κ3) is 5.61. The van der Waals surface area contributed by atoms with E-state index < -0.39 is 0 Å². The van der Waals surface area contributed by atoms with Crippen molar-refractivity contribution in [3.63, 3.8) is 0 Å². The highest BCUT2D eigenvalue weighted by Gasteiger charge is 2.32. The average Bonchev–Trinajstić information content (AvgIpc) is 3.11. The van der Waals surface area contributed by atoms with Gasteiger partial charge in [0.15, 0.2) is 0 Å². The first kappa shape index (κ1) is 15.0. The van der Waals surface area contributed by atoms with Crippen LogP contribution in [0.4, 0.5) is 0 Å². The van der Waals surface area contributed by atoms with Gasteiger partial charge in [0, 0.05) is 24.6 Å². The number of nitrogens with one attached hydrogen (secondary N) is 1. The molecule has 0 spiro atoms. The Morgan fingerprint density at radius 2 is 2.21 bits per heavy atom. The molecule has 1 heterocycles. The third-order valence-electron chi connectivity index (χ3n) is 3.45. The fourth-order valence-electron chi connectivity index (χ4n) is 2.23. The van der Waals surface area contributed by atoms with E-state index in [-0.39, 0.29) is 0 Å². The number of hydrogen-bond donors (Lipinski definition) is 1. The molecule has 1 aliphatic rings. The molecule has 1 aromatic rings. The molecule has 0 saturated heterocycles. The van der Waals surface area contributed by atoms with E-state index in [4.69, 9.17) is 9.47 Å². The van der Waals surface area contributed by atoms with Gasteiger partial charge in [-0.1, -0.05) is 6.07 Å². The lowest BCUT2D eigenvalue weighted by Gasteiger charge is -2.16. The molecule has 1 aromatic heterocycles.